The zero-order valence-corrected chi connectivity index (χ0v) is 16.3. The first-order chi connectivity index (χ1) is 14.5. The molecule has 0 fully saturated rings. The van der Waals surface area contributed by atoms with Gasteiger partial charge in [0.1, 0.15) is 17.6 Å². The summed E-state index contributed by atoms with van der Waals surface area (Å²) in [6.45, 7) is 1.91. The van der Waals surface area contributed by atoms with Gasteiger partial charge in [0, 0.05) is 11.1 Å². The summed E-state index contributed by atoms with van der Waals surface area (Å²) < 4.78 is 16.4. The van der Waals surface area contributed by atoms with E-state index in [-0.39, 0.29) is 17.4 Å². The summed E-state index contributed by atoms with van der Waals surface area (Å²) in [5.74, 6) is 0.825. The van der Waals surface area contributed by atoms with Crippen LogP contribution in [0.15, 0.2) is 60.9 Å². The lowest BCUT2D eigenvalue weighted by Gasteiger charge is -2.12. The number of para-hydroxylation sites is 1. The first-order valence-electron chi connectivity index (χ1n) is 9.06. The van der Waals surface area contributed by atoms with Gasteiger partial charge in [-0.3, -0.25) is 0 Å². The number of ether oxygens (including phenoxy) is 3. The largest absolute Gasteiger partial charge is 0.465 e. The molecule has 0 aliphatic carbocycles. The summed E-state index contributed by atoms with van der Waals surface area (Å²) in [5, 5.41) is 0.938. The maximum Gasteiger partial charge on any atom is 0.337 e. The van der Waals surface area contributed by atoms with Crippen LogP contribution in [0, 0.1) is 6.92 Å². The van der Waals surface area contributed by atoms with Crippen LogP contribution < -0.4 is 15.2 Å². The number of anilines is 1. The number of carbonyl (C=O) groups is 1. The molecule has 0 radical (unpaired) electrons. The average molecular weight is 402 g/mol. The van der Waals surface area contributed by atoms with Gasteiger partial charge < -0.3 is 19.9 Å². The molecule has 0 bridgehead atoms. The molecule has 0 spiro atoms. The Morgan fingerprint density at radius 3 is 2.40 bits per heavy atom. The molecule has 8 heteroatoms. The van der Waals surface area contributed by atoms with Gasteiger partial charge in [0.05, 0.1) is 12.7 Å². The number of benzene rings is 2. The first-order valence-corrected chi connectivity index (χ1v) is 9.06. The number of hydrogen-bond acceptors (Lipinski definition) is 8. The fourth-order valence-electron chi connectivity index (χ4n) is 2.82. The van der Waals surface area contributed by atoms with Crippen molar-refractivity contribution in [3.05, 3.63) is 72.2 Å². The fraction of sp³-hybridized carbons (Fsp3) is 0.0909. The van der Waals surface area contributed by atoms with Gasteiger partial charge in [-0.15, -0.1) is 0 Å². The molecule has 2 heterocycles. The number of aryl methyl sites for hydroxylation is 1. The third-order valence-corrected chi connectivity index (χ3v) is 4.33. The highest BCUT2D eigenvalue weighted by Gasteiger charge is 2.15. The van der Waals surface area contributed by atoms with E-state index in [1.165, 1.54) is 13.4 Å². The number of nitrogen functional groups attached to an aromatic ring is 1. The van der Waals surface area contributed by atoms with Crippen molar-refractivity contribution in [3.8, 4) is 23.3 Å². The van der Waals surface area contributed by atoms with E-state index in [9.17, 15) is 4.79 Å². The number of aromatic nitrogens is 3. The quantitative estimate of drug-likeness (QED) is 0.493. The normalized spacial score (nSPS) is 10.6. The Kier molecular flexibility index (Phi) is 5.13. The molecule has 8 nitrogen and oxygen atoms in total. The molecule has 150 valence electrons. The SMILES string of the molecule is COC(=O)c1ccc(Oc2ncnc(Oc3cccc4ccc(C)nc34)c2N)cc1. The van der Waals surface area contributed by atoms with Crippen LogP contribution >= 0.6 is 0 Å². The molecular weight excluding hydrogens is 384 g/mol. The van der Waals surface area contributed by atoms with E-state index in [1.807, 2.05) is 31.2 Å². The van der Waals surface area contributed by atoms with Crippen LogP contribution in [-0.4, -0.2) is 28.0 Å². The van der Waals surface area contributed by atoms with Gasteiger partial charge in [-0.05, 0) is 43.3 Å². The maximum atomic E-state index is 11.5. The van der Waals surface area contributed by atoms with Gasteiger partial charge in [0.2, 0.25) is 11.8 Å². The zero-order valence-electron chi connectivity index (χ0n) is 16.3. The number of fused-ring (bicyclic) bond motifs is 1. The summed E-state index contributed by atoms with van der Waals surface area (Å²) in [6.07, 6.45) is 1.30. The summed E-state index contributed by atoms with van der Waals surface area (Å²) in [6, 6.07) is 15.9. The van der Waals surface area contributed by atoms with Crippen LogP contribution in [0.2, 0.25) is 0 Å². The smallest absolute Gasteiger partial charge is 0.337 e. The highest BCUT2D eigenvalue weighted by atomic mass is 16.5. The molecular formula is C22H18N4O4. The number of pyridine rings is 1. The second kappa shape index (κ2) is 8.04. The number of rotatable bonds is 5. The summed E-state index contributed by atoms with van der Waals surface area (Å²) in [5.41, 5.74) is 8.30. The average Bonchev–Trinajstić information content (AvgIpc) is 2.77. The van der Waals surface area contributed by atoms with E-state index >= 15 is 0 Å². The van der Waals surface area contributed by atoms with E-state index in [0.29, 0.717) is 22.6 Å². The molecule has 4 rings (SSSR count). The Bertz CT molecular complexity index is 1230. The maximum absolute atomic E-state index is 11.5. The van der Waals surface area contributed by atoms with E-state index in [4.69, 9.17) is 15.2 Å². The second-order valence-electron chi connectivity index (χ2n) is 6.40. The Balaban J connectivity index is 1.61. The molecule has 0 aliphatic heterocycles. The Labute approximate surface area is 172 Å². The lowest BCUT2D eigenvalue weighted by Crippen LogP contribution is -2.02. The second-order valence-corrected chi connectivity index (χ2v) is 6.40. The molecule has 2 N–H and O–H groups in total. The fourth-order valence-corrected chi connectivity index (χ4v) is 2.82. The molecule has 0 aliphatic rings. The Morgan fingerprint density at radius 1 is 0.933 bits per heavy atom. The predicted molar refractivity (Wildman–Crippen MR) is 111 cm³/mol. The molecule has 0 amide bonds. The van der Waals surface area contributed by atoms with E-state index in [2.05, 4.69) is 19.7 Å². The van der Waals surface area contributed by atoms with Crippen LogP contribution in [-0.2, 0) is 4.74 Å². The minimum Gasteiger partial charge on any atom is -0.465 e. The lowest BCUT2D eigenvalue weighted by atomic mass is 10.2. The minimum absolute atomic E-state index is 0.134. The number of hydrogen-bond donors (Lipinski definition) is 1. The molecule has 30 heavy (non-hydrogen) atoms. The van der Waals surface area contributed by atoms with E-state index in [0.717, 1.165) is 11.1 Å². The van der Waals surface area contributed by atoms with Gasteiger partial charge in [-0.25, -0.2) is 9.78 Å². The van der Waals surface area contributed by atoms with Crippen molar-refractivity contribution in [3.63, 3.8) is 0 Å². The molecule has 2 aromatic carbocycles. The van der Waals surface area contributed by atoms with Gasteiger partial charge in [0.15, 0.2) is 11.4 Å². The molecule has 0 saturated carbocycles. The number of methoxy groups -OCH3 is 1. The predicted octanol–water partition coefficient (Wildman–Crippen LogP) is 4.29. The molecule has 0 saturated heterocycles. The van der Waals surface area contributed by atoms with E-state index in [1.54, 1.807) is 30.3 Å². The van der Waals surface area contributed by atoms with Crippen molar-refractivity contribution in [2.75, 3.05) is 12.8 Å². The topological polar surface area (TPSA) is 109 Å². The first kappa shape index (κ1) is 19.1. The number of esters is 1. The van der Waals surface area contributed by atoms with Gasteiger partial charge in [0.25, 0.3) is 0 Å². The van der Waals surface area contributed by atoms with Crippen LogP contribution in [0.5, 0.6) is 23.3 Å². The van der Waals surface area contributed by atoms with E-state index < -0.39 is 5.97 Å². The van der Waals surface area contributed by atoms with Crippen molar-refractivity contribution >= 4 is 22.6 Å². The number of nitrogens with two attached hydrogens (primary N) is 1. The van der Waals surface area contributed by atoms with Crippen molar-refractivity contribution in [2.24, 2.45) is 0 Å². The van der Waals surface area contributed by atoms with Gasteiger partial charge >= 0.3 is 5.97 Å². The van der Waals surface area contributed by atoms with Crippen molar-refractivity contribution < 1.29 is 19.0 Å². The summed E-state index contributed by atoms with van der Waals surface area (Å²) in [7, 11) is 1.32. The Hall–Kier alpha value is -4.20. The number of nitrogens with zero attached hydrogens (tertiary/aromatic N) is 3. The minimum atomic E-state index is -0.433. The van der Waals surface area contributed by atoms with Crippen molar-refractivity contribution in [1.29, 1.82) is 0 Å². The monoisotopic (exact) mass is 402 g/mol. The van der Waals surface area contributed by atoms with Crippen LogP contribution in [0.1, 0.15) is 16.1 Å². The third kappa shape index (κ3) is 3.83. The van der Waals surface area contributed by atoms with Crippen molar-refractivity contribution in [2.45, 2.75) is 6.92 Å². The van der Waals surface area contributed by atoms with Crippen molar-refractivity contribution in [1.82, 2.24) is 15.0 Å². The lowest BCUT2D eigenvalue weighted by molar-refractivity contribution is 0.0600. The number of carbonyl (C=O) groups excluding carboxylic acids is 1. The highest BCUT2D eigenvalue weighted by molar-refractivity contribution is 5.89. The molecule has 0 unspecified atom stereocenters. The standard InChI is InChI=1S/C22H18N4O4/c1-13-6-7-14-4-3-5-17(19(14)26-13)30-21-18(23)20(24-12-25-21)29-16-10-8-15(9-11-16)22(27)28-2/h3-12H,23H2,1-2H3. The van der Waals surface area contributed by atoms with Crippen LogP contribution in [0.4, 0.5) is 5.69 Å². The zero-order chi connectivity index (χ0) is 21.1. The Morgan fingerprint density at radius 2 is 1.67 bits per heavy atom. The highest BCUT2D eigenvalue weighted by Crippen LogP contribution is 2.35. The van der Waals surface area contributed by atoms with Gasteiger partial charge in [-0.1, -0.05) is 18.2 Å². The van der Waals surface area contributed by atoms with Crippen LogP contribution in [0.25, 0.3) is 10.9 Å². The van der Waals surface area contributed by atoms with Crippen LogP contribution in [0.3, 0.4) is 0 Å². The molecule has 4 aromatic rings. The van der Waals surface area contributed by atoms with Gasteiger partial charge in [-0.2, -0.15) is 9.97 Å². The molecule has 2 aromatic heterocycles. The summed E-state index contributed by atoms with van der Waals surface area (Å²) in [4.78, 5) is 24.3. The summed E-state index contributed by atoms with van der Waals surface area (Å²) >= 11 is 0. The third-order valence-electron chi connectivity index (χ3n) is 4.33. The molecule has 0 atom stereocenters.